The third-order valence-corrected chi connectivity index (χ3v) is 2.72. The summed E-state index contributed by atoms with van der Waals surface area (Å²) in [5.41, 5.74) is 6.03. The van der Waals surface area contributed by atoms with E-state index in [0.717, 1.165) is 13.2 Å². The van der Waals surface area contributed by atoms with E-state index >= 15 is 0 Å². The maximum Gasteiger partial charge on any atom is 0.0582 e. The van der Waals surface area contributed by atoms with E-state index in [4.69, 9.17) is 10.5 Å². The molecule has 2 N–H and O–H groups in total. The van der Waals surface area contributed by atoms with Gasteiger partial charge < -0.3 is 10.5 Å². The van der Waals surface area contributed by atoms with E-state index in [1.807, 2.05) is 0 Å². The highest BCUT2D eigenvalue weighted by Crippen LogP contribution is 2.44. The molecule has 0 aromatic heterocycles. The molecule has 0 aromatic carbocycles. The van der Waals surface area contributed by atoms with Gasteiger partial charge in [-0.2, -0.15) is 0 Å². The van der Waals surface area contributed by atoms with Crippen LogP contribution < -0.4 is 5.73 Å². The number of ether oxygens (including phenoxy) is 1. The molecule has 2 rings (SSSR count). The van der Waals surface area contributed by atoms with Gasteiger partial charge in [0.15, 0.2) is 0 Å². The van der Waals surface area contributed by atoms with Crippen molar-refractivity contribution >= 4 is 12.4 Å². The molecule has 0 aromatic rings. The lowest BCUT2D eigenvalue weighted by atomic mass is 9.89. The van der Waals surface area contributed by atoms with Gasteiger partial charge in [-0.25, -0.2) is 0 Å². The summed E-state index contributed by atoms with van der Waals surface area (Å²) >= 11 is 0. The third-order valence-electron chi connectivity index (χ3n) is 2.72. The standard InChI is InChI=1S/C7H13NO.ClH/c8-4-7-2-1-6(3-7)9-5-7;/h6H,1-5,8H2;1H. The van der Waals surface area contributed by atoms with Crippen molar-refractivity contribution in [3.05, 3.63) is 0 Å². The number of halogens is 1. The molecule has 2 aliphatic rings. The summed E-state index contributed by atoms with van der Waals surface area (Å²) in [4.78, 5) is 0. The summed E-state index contributed by atoms with van der Waals surface area (Å²) in [5, 5.41) is 0. The fourth-order valence-corrected chi connectivity index (χ4v) is 1.97. The molecule has 2 fully saturated rings. The van der Waals surface area contributed by atoms with E-state index in [1.54, 1.807) is 0 Å². The van der Waals surface area contributed by atoms with E-state index in [-0.39, 0.29) is 12.4 Å². The van der Waals surface area contributed by atoms with Gasteiger partial charge in [-0.15, -0.1) is 12.4 Å². The molecular weight excluding hydrogens is 150 g/mol. The van der Waals surface area contributed by atoms with Crippen LogP contribution in [-0.2, 0) is 4.74 Å². The largest absolute Gasteiger partial charge is 0.378 e. The Morgan fingerprint density at radius 1 is 1.60 bits per heavy atom. The fraction of sp³-hybridized carbons (Fsp3) is 1.00. The Morgan fingerprint density at radius 3 is 2.60 bits per heavy atom. The molecule has 0 spiro atoms. The summed E-state index contributed by atoms with van der Waals surface area (Å²) in [6.45, 7) is 1.75. The minimum atomic E-state index is 0. The number of hydrogen-bond donors (Lipinski definition) is 1. The van der Waals surface area contributed by atoms with Gasteiger partial charge in [-0.05, 0) is 19.3 Å². The zero-order chi connectivity index (χ0) is 6.32. The predicted octanol–water partition coefficient (Wildman–Crippen LogP) is 0.936. The van der Waals surface area contributed by atoms with Crippen LogP contribution in [0.25, 0.3) is 0 Å². The lowest BCUT2D eigenvalue weighted by Gasteiger charge is -2.22. The van der Waals surface area contributed by atoms with Crippen LogP contribution in [0.1, 0.15) is 19.3 Å². The molecular formula is C7H14ClNO. The maximum absolute atomic E-state index is 5.63. The van der Waals surface area contributed by atoms with Crippen molar-refractivity contribution in [2.45, 2.75) is 25.4 Å². The van der Waals surface area contributed by atoms with Gasteiger partial charge in [-0.3, -0.25) is 0 Å². The van der Waals surface area contributed by atoms with Gasteiger partial charge in [0.1, 0.15) is 0 Å². The van der Waals surface area contributed by atoms with Gasteiger partial charge in [-0.1, -0.05) is 0 Å². The normalized spacial score (nSPS) is 43.5. The minimum Gasteiger partial charge on any atom is -0.378 e. The van der Waals surface area contributed by atoms with Crippen molar-refractivity contribution in [2.24, 2.45) is 11.1 Å². The molecule has 2 nitrogen and oxygen atoms in total. The van der Waals surface area contributed by atoms with Crippen LogP contribution in [0.2, 0.25) is 0 Å². The SMILES string of the molecule is Cl.NCC12CCC(C1)OC2. The van der Waals surface area contributed by atoms with Crippen molar-refractivity contribution in [1.82, 2.24) is 0 Å². The third kappa shape index (κ3) is 1.04. The van der Waals surface area contributed by atoms with Crippen molar-refractivity contribution in [2.75, 3.05) is 13.2 Å². The van der Waals surface area contributed by atoms with Crippen LogP contribution in [-0.4, -0.2) is 19.3 Å². The van der Waals surface area contributed by atoms with Gasteiger partial charge in [0, 0.05) is 12.0 Å². The minimum absolute atomic E-state index is 0. The molecule has 2 unspecified atom stereocenters. The van der Waals surface area contributed by atoms with E-state index in [0.29, 0.717) is 11.5 Å². The average molecular weight is 164 g/mol. The van der Waals surface area contributed by atoms with Crippen molar-refractivity contribution in [3.8, 4) is 0 Å². The van der Waals surface area contributed by atoms with Crippen LogP contribution in [0.15, 0.2) is 0 Å². The number of fused-ring (bicyclic) bond motifs is 2. The predicted molar refractivity (Wildman–Crippen MR) is 42.3 cm³/mol. The van der Waals surface area contributed by atoms with Gasteiger partial charge in [0.05, 0.1) is 12.7 Å². The Kier molecular flexibility index (Phi) is 2.23. The Bertz CT molecular complexity index is 121. The first-order valence-electron chi connectivity index (χ1n) is 3.66. The summed E-state index contributed by atoms with van der Waals surface area (Å²) in [7, 11) is 0. The Morgan fingerprint density at radius 2 is 2.40 bits per heavy atom. The highest BCUT2D eigenvalue weighted by Gasteiger charge is 2.44. The fourth-order valence-electron chi connectivity index (χ4n) is 1.97. The smallest absolute Gasteiger partial charge is 0.0582 e. The number of hydrogen-bond acceptors (Lipinski definition) is 2. The van der Waals surface area contributed by atoms with E-state index in [2.05, 4.69) is 0 Å². The molecule has 0 amide bonds. The average Bonchev–Trinajstić information content (AvgIpc) is 2.46. The molecule has 0 radical (unpaired) electrons. The molecule has 2 atom stereocenters. The van der Waals surface area contributed by atoms with Gasteiger partial charge in [0.2, 0.25) is 0 Å². The van der Waals surface area contributed by atoms with E-state index in [1.165, 1.54) is 19.3 Å². The number of nitrogens with two attached hydrogens (primary N) is 1. The molecule has 1 aliphatic heterocycles. The quantitative estimate of drug-likeness (QED) is 0.625. The highest BCUT2D eigenvalue weighted by molar-refractivity contribution is 5.85. The van der Waals surface area contributed by atoms with Crippen LogP contribution in [0.4, 0.5) is 0 Å². The molecule has 3 heteroatoms. The lowest BCUT2D eigenvalue weighted by molar-refractivity contribution is 0.0538. The van der Waals surface area contributed by atoms with Crippen LogP contribution in [0, 0.1) is 5.41 Å². The molecule has 1 saturated heterocycles. The monoisotopic (exact) mass is 163 g/mol. The Hall–Kier alpha value is 0.210. The molecule has 1 heterocycles. The molecule has 2 bridgehead atoms. The maximum atomic E-state index is 5.63. The number of rotatable bonds is 1. The molecule has 60 valence electrons. The first-order valence-corrected chi connectivity index (χ1v) is 3.66. The topological polar surface area (TPSA) is 35.2 Å². The second-order valence-electron chi connectivity index (χ2n) is 3.38. The highest BCUT2D eigenvalue weighted by atomic mass is 35.5. The Balaban J connectivity index is 0.000000500. The first kappa shape index (κ1) is 8.31. The van der Waals surface area contributed by atoms with E-state index < -0.39 is 0 Å². The molecule has 1 aliphatic carbocycles. The second-order valence-corrected chi connectivity index (χ2v) is 3.38. The summed E-state index contributed by atoms with van der Waals surface area (Å²) < 4.78 is 5.47. The van der Waals surface area contributed by atoms with Crippen LogP contribution >= 0.6 is 12.4 Å². The molecule has 1 saturated carbocycles. The Labute approximate surface area is 67.5 Å². The summed E-state index contributed by atoms with van der Waals surface area (Å²) in [5.74, 6) is 0. The first-order chi connectivity index (χ1) is 4.35. The summed E-state index contributed by atoms with van der Waals surface area (Å²) in [6, 6.07) is 0. The molecule has 10 heavy (non-hydrogen) atoms. The van der Waals surface area contributed by atoms with Gasteiger partial charge >= 0.3 is 0 Å². The lowest BCUT2D eigenvalue weighted by Crippen LogP contribution is -2.29. The van der Waals surface area contributed by atoms with Crippen molar-refractivity contribution in [1.29, 1.82) is 0 Å². The van der Waals surface area contributed by atoms with Crippen molar-refractivity contribution in [3.63, 3.8) is 0 Å². The zero-order valence-corrected chi connectivity index (χ0v) is 6.82. The van der Waals surface area contributed by atoms with Crippen molar-refractivity contribution < 1.29 is 4.74 Å². The van der Waals surface area contributed by atoms with Crippen LogP contribution in [0.3, 0.4) is 0 Å². The van der Waals surface area contributed by atoms with Crippen LogP contribution in [0.5, 0.6) is 0 Å². The second kappa shape index (κ2) is 2.68. The van der Waals surface area contributed by atoms with Gasteiger partial charge in [0.25, 0.3) is 0 Å². The zero-order valence-electron chi connectivity index (χ0n) is 6.01. The summed E-state index contributed by atoms with van der Waals surface area (Å²) in [6.07, 6.45) is 4.34. The van der Waals surface area contributed by atoms with E-state index in [9.17, 15) is 0 Å².